The van der Waals surface area contributed by atoms with Crippen molar-refractivity contribution in [2.24, 2.45) is 0 Å². The molecule has 3 heteroatoms. The Morgan fingerprint density at radius 1 is 0.188 bits per heavy atom. The number of hydrogen-bond acceptors (Lipinski definition) is 1. The number of hydrogen-bond donors (Lipinski definition) is 0. The van der Waals surface area contributed by atoms with Crippen LogP contribution in [0.3, 0.4) is 0 Å². The highest BCUT2D eigenvalue weighted by Crippen LogP contribution is 2.46. The van der Waals surface area contributed by atoms with Gasteiger partial charge < -0.3 is 14.0 Å². The van der Waals surface area contributed by atoms with Crippen LogP contribution in [-0.4, -0.2) is 9.13 Å². The molecule has 0 aliphatic heterocycles. The molecule has 3 nitrogen and oxygen atoms in total. The average molecular weight is 876 g/mol. The monoisotopic (exact) mass is 875 g/mol. The Kier molecular flexibility index (Phi) is 8.07. The van der Waals surface area contributed by atoms with Crippen molar-refractivity contribution in [2.45, 2.75) is 0 Å². The van der Waals surface area contributed by atoms with Crippen molar-refractivity contribution in [1.29, 1.82) is 0 Å². The van der Waals surface area contributed by atoms with Gasteiger partial charge in [-0.25, -0.2) is 0 Å². The first kappa shape index (κ1) is 38.0. The van der Waals surface area contributed by atoms with Gasteiger partial charge in [-0.1, -0.05) is 170 Å². The molecular weight excluding hydrogens is 835 g/mol. The first-order valence-electron chi connectivity index (χ1n) is 23.8. The van der Waals surface area contributed by atoms with Gasteiger partial charge >= 0.3 is 0 Å². The first-order valence-corrected chi connectivity index (χ1v) is 23.8. The summed E-state index contributed by atoms with van der Waals surface area (Å²) in [5, 5.41) is 20.0. The van der Waals surface area contributed by atoms with Crippen LogP contribution >= 0.6 is 0 Å². The van der Waals surface area contributed by atoms with Gasteiger partial charge in [0.15, 0.2) is 0 Å². The van der Waals surface area contributed by atoms with Gasteiger partial charge in [0, 0.05) is 50.0 Å². The summed E-state index contributed by atoms with van der Waals surface area (Å²) in [4.78, 5) is 2.47. The Labute approximate surface area is 397 Å². The number of anilines is 3. The summed E-state index contributed by atoms with van der Waals surface area (Å²) in [6.07, 6.45) is 0. The summed E-state index contributed by atoms with van der Waals surface area (Å²) >= 11 is 0. The fourth-order valence-corrected chi connectivity index (χ4v) is 11.8. The Bertz CT molecular complexity index is 4380. The highest BCUT2D eigenvalue weighted by atomic mass is 15.1. The van der Waals surface area contributed by atoms with Crippen LogP contribution in [0.25, 0.3) is 120 Å². The number of rotatable bonds is 5. The van der Waals surface area contributed by atoms with E-state index in [0.717, 1.165) is 34.0 Å². The fraction of sp³-hybridized carbons (Fsp3) is 0. The molecule has 0 fully saturated rings. The van der Waals surface area contributed by atoms with Crippen LogP contribution in [0.2, 0.25) is 0 Å². The van der Waals surface area contributed by atoms with Gasteiger partial charge in [0.25, 0.3) is 0 Å². The van der Waals surface area contributed by atoms with Crippen LogP contribution in [0.4, 0.5) is 17.1 Å². The van der Waals surface area contributed by atoms with Gasteiger partial charge in [0.2, 0.25) is 0 Å². The third-order valence-electron chi connectivity index (χ3n) is 14.8. The summed E-state index contributed by atoms with van der Waals surface area (Å²) in [7, 11) is 0. The van der Waals surface area contributed by atoms with Crippen LogP contribution in [0.5, 0.6) is 0 Å². The van der Waals surface area contributed by atoms with Crippen LogP contribution in [0, 0.1) is 0 Å². The largest absolute Gasteiger partial charge is 0.310 e. The van der Waals surface area contributed by atoms with E-state index in [4.69, 9.17) is 0 Å². The zero-order chi connectivity index (χ0) is 45.2. The summed E-state index contributed by atoms with van der Waals surface area (Å²) in [6, 6.07) is 92.0. The van der Waals surface area contributed by atoms with E-state index in [-0.39, 0.29) is 0 Å². The number of aromatic nitrogens is 2. The molecule has 0 aliphatic rings. The van der Waals surface area contributed by atoms with Gasteiger partial charge in [-0.15, -0.1) is 0 Å². The lowest BCUT2D eigenvalue weighted by atomic mass is 9.93. The third kappa shape index (κ3) is 5.56. The van der Waals surface area contributed by atoms with Crippen molar-refractivity contribution >= 4 is 125 Å². The predicted molar refractivity (Wildman–Crippen MR) is 295 cm³/mol. The molecule has 13 aromatic carbocycles. The molecule has 0 unspecified atom stereocenters. The van der Waals surface area contributed by atoms with E-state index in [0.29, 0.717) is 0 Å². The molecular formula is C66H41N3. The second-order valence-corrected chi connectivity index (χ2v) is 18.4. The maximum absolute atomic E-state index is 2.47. The molecule has 0 bridgehead atoms. The lowest BCUT2D eigenvalue weighted by Gasteiger charge is -2.27. The topological polar surface area (TPSA) is 13.1 Å². The zero-order valence-corrected chi connectivity index (χ0v) is 37.5. The minimum absolute atomic E-state index is 1.10. The van der Waals surface area contributed by atoms with E-state index in [1.165, 1.54) is 103 Å². The smallest absolute Gasteiger partial charge is 0.0561 e. The van der Waals surface area contributed by atoms with Crippen molar-refractivity contribution in [3.63, 3.8) is 0 Å². The number of fused-ring (bicyclic) bond motifs is 18. The van der Waals surface area contributed by atoms with E-state index in [1.807, 2.05) is 0 Å². The molecule has 0 saturated heterocycles. The Morgan fingerprint density at radius 3 is 1.00 bits per heavy atom. The van der Waals surface area contributed by atoms with Crippen molar-refractivity contribution in [2.75, 3.05) is 4.90 Å². The Hall–Kier alpha value is -9.18. The molecule has 15 rings (SSSR count). The zero-order valence-electron chi connectivity index (χ0n) is 37.5. The van der Waals surface area contributed by atoms with E-state index in [1.54, 1.807) is 0 Å². The van der Waals surface area contributed by atoms with Gasteiger partial charge in [-0.3, -0.25) is 0 Å². The molecule has 0 spiro atoms. The highest BCUT2D eigenvalue weighted by molar-refractivity contribution is 6.27. The number of para-hydroxylation sites is 3. The van der Waals surface area contributed by atoms with Gasteiger partial charge in [0.1, 0.15) is 0 Å². The van der Waals surface area contributed by atoms with Crippen molar-refractivity contribution in [3.05, 3.63) is 249 Å². The summed E-state index contributed by atoms with van der Waals surface area (Å²) < 4.78 is 4.86. The van der Waals surface area contributed by atoms with Crippen molar-refractivity contribution < 1.29 is 0 Å². The molecule has 0 saturated carbocycles. The van der Waals surface area contributed by atoms with E-state index < -0.39 is 0 Å². The molecule has 0 atom stereocenters. The van der Waals surface area contributed by atoms with Crippen LogP contribution in [-0.2, 0) is 0 Å². The molecule has 320 valence electrons. The molecule has 0 radical (unpaired) electrons. The van der Waals surface area contributed by atoms with Gasteiger partial charge in [0.05, 0.1) is 22.1 Å². The molecule has 69 heavy (non-hydrogen) atoms. The predicted octanol–water partition coefficient (Wildman–Crippen LogP) is 18.3. The summed E-state index contributed by atoms with van der Waals surface area (Å²) in [5.41, 5.74) is 10.3. The normalized spacial score (nSPS) is 12.1. The molecule has 0 amide bonds. The van der Waals surface area contributed by atoms with Crippen LogP contribution in [0.1, 0.15) is 0 Å². The van der Waals surface area contributed by atoms with Crippen LogP contribution in [0.15, 0.2) is 249 Å². The Balaban J connectivity index is 0.989. The Morgan fingerprint density at radius 2 is 0.507 bits per heavy atom. The lowest BCUT2D eigenvalue weighted by molar-refractivity contribution is 1.15. The second-order valence-electron chi connectivity index (χ2n) is 18.4. The maximum Gasteiger partial charge on any atom is 0.0561 e. The average Bonchev–Trinajstić information content (AvgIpc) is 3.93. The van der Waals surface area contributed by atoms with Gasteiger partial charge in [-0.2, -0.15) is 0 Å². The maximum atomic E-state index is 2.47. The lowest BCUT2D eigenvalue weighted by Crippen LogP contribution is -2.10. The van der Waals surface area contributed by atoms with E-state index >= 15 is 0 Å². The minimum Gasteiger partial charge on any atom is -0.310 e. The fourth-order valence-electron chi connectivity index (χ4n) is 11.8. The number of nitrogens with zero attached hydrogens (tertiary/aromatic N) is 3. The van der Waals surface area contributed by atoms with E-state index in [9.17, 15) is 0 Å². The van der Waals surface area contributed by atoms with Gasteiger partial charge in [-0.05, 0) is 143 Å². The minimum atomic E-state index is 1.10. The highest BCUT2D eigenvalue weighted by Gasteiger charge is 2.21. The molecule has 0 N–H and O–H groups in total. The second kappa shape index (κ2) is 14.7. The molecule has 2 heterocycles. The first-order chi connectivity index (χ1) is 34.2. The molecule has 2 aromatic heterocycles. The quantitative estimate of drug-likeness (QED) is 0.157. The SMILES string of the molecule is c1ccc(-n2c3ccccc3c3ccc(-n4c5ccccc5c5cc(N(c6ccc7c8ccccc8c8ccccc8c7c6)c6ccc7c8ccccc8c8ccccc8c7c6)ccc54)cc32)cc1. The number of benzene rings is 13. The molecule has 15 aromatic rings. The third-order valence-corrected chi connectivity index (χ3v) is 14.8. The van der Waals surface area contributed by atoms with Crippen molar-refractivity contribution in [1.82, 2.24) is 9.13 Å². The van der Waals surface area contributed by atoms with Crippen molar-refractivity contribution in [3.8, 4) is 11.4 Å². The van der Waals surface area contributed by atoms with E-state index in [2.05, 4.69) is 263 Å². The molecule has 0 aliphatic carbocycles. The summed E-state index contributed by atoms with van der Waals surface area (Å²) in [6.45, 7) is 0. The standard InChI is InChI=1S/C66H41N3/c1-2-16-42(17-3-1)68-63-28-14-12-26-57(63)59-36-32-46(41-66(59)68)69-64-29-15-13-27-58(64)62-40-45(33-37-65(62)69)67(43-30-34-55-51-22-6-4-18-47(51)49-20-8-10-24-53(49)60(55)38-43)44-31-35-56-52-23-7-5-19-48(52)50-21-9-11-25-54(50)61(56)39-44/h1-41H. The van der Waals surface area contributed by atoms with Crippen LogP contribution < -0.4 is 4.90 Å². The summed E-state index contributed by atoms with van der Waals surface area (Å²) in [5.74, 6) is 0.